The van der Waals surface area contributed by atoms with Gasteiger partial charge in [0.15, 0.2) is 15.5 Å². The topological polar surface area (TPSA) is 153 Å². The summed E-state index contributed by atoms with van der Waals surface area (Å²) in [6.07, 6.45) is 7.26. The van der Waals surface area contributed by atoms with Crippen LogP contribution in [0.15, 0.2) is 59.8 Å². The van der Waals surface area contributed by atoms with E-state index in [1.807, 2.05) is 47.4 Å². The quantitative estimate of drug-likeness (QED) is 0.357. The number of aromatic nitrogens is 4. The Kier molecular flexibility index (Phi) is 6.72. The zero-order valence-corrected chi connectivity index (χ0v) is 23.6. The SMILES string of the molecule is CC(=O)NCC(=O)N1[C@@H]2CC[C@H]1C[C@H](c1nc3c(-c4ccc(-c5ccccc5)nc4)cnn3c(N)c1S(C)(=O)=O)C2. The highest BCUT2D eigenvalue weighted by atomic mass is 32.2. The first-order chi connectivity index (χ1) is 19.6. The summed E-state index contributed by atoms with van der Waals surface area (Å²) in [6, 6.07) is 13.6. The summed E-state index contributed by atoms with van der Waals surface area (Å²) in [5, 5.41) is 6.99. The number of hydrogen-bond acceptors (Lipinski definition) is 8. The molecule has 5 heterocycles. The van der Waals surface area contributed by atoms with Crippen LogP contribution in [0.1, 0.15) is 44.2 Å². The predicted octanol–water partition coefficient (Wildman–Crippen LogP) is 2.82. The van der Waals surface area contributed by atoms with Crippen LogP contribution < -0.4 is 11.1 Å². The van der Waals surface area contributed by atoms with E-state index in [0.717, 1.165) is 35.9 Å². The van der Waals surface area contributed by atoms with Gasteiger partial charge in [-0.2, -0.15) is 9.61 Å². The number of nitrogens with two attached hydrogens (primary N) is 1. The molecular formula is C29H31N7O4S. The lowest BCUT2D eigenvalue weighted by Gasteiger charge is -2.39. The van der Waals surface area contributed by atoms with Gasteiger partial charge in [0.1, 0.15) is 10.7 Å². The van der Waals surface area contributed by atoms with Crippen LogP contribution in [-0.4, -0.2) is 69.6 Å². The number of pyridine rings is 1. The second-order valence-electron chi connectivity index (χ2n) is 10.8. The second kappa shape index (κ2) is 10.3. The van der Waals surface area contributed by atoms with Crippen LogP contribution in [0.2, 0.25) is 0 Å². The number of nitrogens with one attached hydrogen (secondary N) is 1. The first-order valence-electron chi connectivity index (χ1n) is 13.6. The Bertz CT molecular complexity index is 1740. The summed E-state index contributed by atoms with van der Waals surface area (Å²) in [7, 11) is -3.75. The van der Waals surface area contributed by atoms with Crippen molar-refractivity contribution in [3.8, 4) is 22.4 Å². The highest BCUT2D eigenvalue weighted by Crippen LogP contribution is 2.45. The van der Waals surface area contributed by atoms with Crippen LogP contribution in [0.25, 0.3) is 28.0 Å². The van der Waals surface area contributed by atoms with Gasteiger partial charge in [0.25, 0.3) is 0 Å². The number of nitrogens with zero attached hydrogens (tertiary/aromatic N) is 5. The number of hydrogen-bond donors (Lipinski definition) is 2. The molecule has 4 aromatic rings. The molecule has 2 fully saturated rings. The maximum atomic E-state index is 13.0. The van der Waals surface area contributed by atoms with Crippen molar-refractivity contribution in [3.63, 3.8) is 0 Å². The van der Waals surface area contributed by atoms with Gasteiger partial charge in [-0.05, 0) is 31.7 Å². The molecular weight excluding hydrogens is 542 g/mol. The lowest BCUT2D eigenvalue weighted by atomic mass is 9.87. The smallest absolute Gasteiger partial charge is 0.242 e. The summed E-state index contributed by atoms with van der Waals surface area (Å²) in [4.78, 5) is 35.6. The monoisotopic (exact) mass is 573 g/mol. The molecule has 2 aliphatic rings. The molecule has 41 heavy (non-hydrogen) atoms. The third-order valence-corrected chi connectivity index (χ3v) is 9.23. The highest BCUT2D eigenvalue weighted by molar-refractivity contribution is 7.91. The van der Waals surface area contributed by atoms with Gasteiger partial charge in [-0.1, -0.05) is 36.4 Å². The van der Waals surface area contributed by atoms with Gasteiger partial charge in [0.05, 0.1) is 24.1 Å². The third kappa shape index (κ3) is 4.92. The first kappa shape index (κ1) is 26.9. The second-order valence-corrected chi connectivity index (χ2v) is 12.8. The number of sulfone groups is 1. The highest BCUT2D eigenvalue weighted by Gasteiger charge is 2.45. The van der Waals surface area contributed by atoms with Gasteiger partial charge in [0.2, 0.25) is 11.8 Å². The normalized spacial score (nSPS) is 20.3. The van der Waals surface area contributed by atoms with Crippen molar-refractivity contribution >= 4 is 33.1 Å². The summed E-state index contributed by atoms with van der Waals surface area (Å²) in [6.45, 7) is 1.33. The van der Waals surface area contributed by atoms with Crippen LogP contribution in [0.3, 0.4) is 0 Å². The number of carbonyl (C=O) groups is 2. The standard InChI is InChI=1S/C29H31N7O4S/c1-17(37)31-16-25(38)35-21-9-10-22(35)13-20(12-21)26-27(41(2,39)40)28(30)36-29(34-26)23(15-33-36)19-8-11-24(32-14-19)18-6-4-3-5-7-18/h3-8,11,14-15,20-22H,9-10,12-13,16,30H2,1-2H3,(H,31,37)/t20-,21-,22+. The van der Waals surface area contributed by atoms with E-state index in [2.05, 4.69) is 15.4 Å². The lowest BCUT2D eigenvalue weighted by molar-refractivity contribution is -0.136. The van der Waals surface area contributed by atoms with E-state index in [4.69, 9.17) is 10.7 Å². The van der Waals surface area contributed by atoms with E-state index in [-0.39, 0.29) is 47.1 Å². The molecule has 6 rings (SSSR count). The van der Waals surface area contributed by atoms with Gasteiger partial charge in [-0.3, -0.25) is 14.6 Å². The Hall–Kier alpha value is -4.32. The zero-order valence-electron chi connectivity index (χ0n) is 22.8. The molecule has 2 aliphatic heterocycles. The van der Waals surface area contributed by atoms with Crippen molar-refractivity contribution < 1.29 is 18.0 Å². The zero-order chi connectivity index (χ0) is 28.9. The maximum absolute atomic E-state index is 13.0. The van der Waals surface area contributed by atoms with Crippen LogP contribution in [0.5, 0.6) is 0 Å². The summed E-state index contributed by atoms with van der Waals surface area (Å²) >= 11 is 0. The van der Waals surface area contributed by atoms with Crippen molar-refractivity contribution in [3.05, 3.63) is 60.6 Å². The number of rotatable bonds is 6. The number of amides is 2. The Labute approximate surface area is 237 Å². The van der Waals surface area contributed by atoms with Crippen molar-refractivity contribution in [2.75, 3.05) is 18.5 Å². The molecule has 0 spiro atoms. The van der Waals surface area contributed by atoms with Crippen LogP contribution in [0, 0.1) is 0 Å². The number of nitrogen functional groups attached to an aromatic ring is 1. The van der Waals surface area contributed by atoms with E-state index < -0.39 is 9.84 Å². The summed E-state index contributed by atoms with van der Waals surface area (Å²) in [5.74, 6) is -0.574. The molecule has 0 unspecified atom stereocenters. The summed E-state index contributed by atoms with van der Waals surface area (Å²) in [5.41, 5.74) is 10.7. The largest absolute Gasteiger partial charge is 0.382 e. The van der Waals surface area contributed by atoms with E-state index in [1.165, 1.54) is 11.4 Å². The van der Waals surface area contributed by atoms with Gasteiger partial charge < -0.3 is 16.0 Å². The molecule has 2 saturated heterocycles. The van der Waals surface area contributed by atoms with Crippen molar-refractivity contribution in [2.24, 2.45) is 0 Å². The molecule has 3 N–H and O–H groups in total. The van der Waals surface area contributed by atoms with Crippen molar-refractivity contribution in [1.82, 2.24) is 29.8 Å². The fourth-order valence-electron chi connectivity index (χ4n) is 6.31. The number of fused-ring (bicyclic) bond motifs is 3. The number of benzene rings is 1. The Morgan fingerprint density at radius 1 is 1.02 bits per heavy atom. The Balaban J connectivity index is 1.38. The van der Waals surface area contributed by atoms with Crippen molar-refractivity contribution in [1.29, 1.82) is 0 Å². The fourth-order valence-corrected chi connectivity index (χ4v) is 7.37. The van der Waals surface area contributed by atoms with Gasteiger partial charge >= 0.3 is 0 Å². The average Bonchev–Trinajstić information content (AvgIpc) is 3.49. The minimum absolute atomic E-state index is 0.0142. The van der Waals surface area contributed by atoms with Gasteiger partial charge in [-0.25, -0.2) is 13.4 Å². The molecule has 2 bridgehead atoms. The molecule has 3 atom stereocenters. The number of piperidine rings is 1. The fraction of sp³-hybridized carbons (Fsp3) is 0.345. The van der Waals surface area contributed by atoms with Crippen LogP contribution >= 0.6 is 0 Å². The number of carbonyl (C=O) groups excluding carboxylic acids is 2. The van der Waals surface area contributed by atoms with E-state index in [9.17, 15) is 18.0 Å². The van der Waals surface area contributed by atoms with E-state index in [0.29, 0.717) is 29.7 Å². The van der Waals surface area contributed by atoms with E-state index in [1.54, 1.807) is 12.4 Å². The van der Waals surface area contributed by atoms with Gasteiger partial charge in [0, 0.05) is 54.1 Å². The molecule has 1 aromatic carbocycles. The summed E-state index contributed by atoms with van der Waals surface area (Å²) < 4.78 is 27.4. The molecule has 212 valence electrons. The Morgan fingerprint density at radius 2 is 1.73 bits per heavy atom. The predicted molar refractivity (Wildman–Crippen MR) is 153 cm³/mol. The van der Waals surface area contributed by atoms with Crippen molar-refractivity contribution in [2.45, 2.75) is 55.5 Å². The minimum Gasteiger partial charge on any atom is -0.382 e. The van der Waals surface area contributed by atoms with E-state index >= 15 is 0 Å². The molecule has 12 heteroatoms. The molecule has 0 aliphatic carbocycles. The molecule has 3 aromatic heterocycles. The minimum atomic E-state index is -3.75. The lowest BCUT2D eigenvalue weighted by Crippen LogP contribution is -2.49. The molecule has 2 amide bonds. The average molecular weight is 574 g/mol. The van der Waals surface area contributed by atoms with Crippen LogP contribution in [-0.2, 0) is 19.4 Å². The molecule has 11 nitrogen and oxygen atoms in total. The molecule has 0 saturated carbocycles. The van der Waals surface area contributed by atoms with Crippen LogP contribution in [0.4, 0.5) is 5.82 Å². The maximum Gasteiger partial charge on any atom is 0.242 e. The third-order valence-electron chi connectivity index (χ3n) is 8.07. The van der Waals surface area contributed by atoms with Gasteiger partial charge in [-0.15, -0.1) is 0 Å². The Morgan fingerprint density at radius 3 is 2.34 bits per heavy atom. The first-order valence-corrected chi connectivity index (χ1v) is 15.5. The number of anilines is 1. The molecule has 0 radical (unpaired) electrons.